The van der Waals surface area contributed by atoms with Crippen molar-refractivity contribution in [1.29, 1.82) is 0 Å². The van der Waals surface area contributed by atoms with Gasteiger partial charge in [0.05, 0.1) is 5.52 Å². The number of benzene rings is 1. The van der Waals surface area contributed by atoms with Gasteiger partial charge < -0.3 is 9.88 Å². The van der Waals surface area contributed by atoms with Crippen LogP contribution in [0.3, 0.4) is 0 Å². The van der Waals surface area contributed by atoms with Crippen LogP contribution in [0.4, 0.5) is 0 Å². The van der Waals surface area contributed by atoms with Crippen molar-refractivity contribution >= 4 is 16.9 Å². The number of amides is 1. The van der Waals surface area contributed by atoms with Gasteiger partial charge in [0.15, 0.2) is 0 Å². The Morgan fingerprint density at radius 1 is 1.29 bits per heavy atom. The average molecular weight is 325 g/mol. The average Bonchev–Trinajstić information content (AvgIpc) is 3.19. The molecule has 8 heteroatoms. The topological polar surface area (TPSA) is 90.5 Å². The standard InChI is InChI=1S/C16H19N7O/c1-2-14-19-20-15-8-7-11(9-22(14)15)17-16(24)10-23-13-6-4-3-5-12(13)18-21-23/h3-6,11H,2,7-10H2,1H3,(H,17,24)/t11-/m0/s1. The molecule has 0 spiro atoms. The highest BCUT2D eigenvalue weighted by Gasteiger charge is 2.23. The van der Waals surface area contributed by atoms with Crippen molar-refractivity contribution in [3.8, 4) is 0 Å². The zero-order chi connectivity index (χ0) is 16.5. The molecule has 124 valence electrons. The molecule has 1 aromatic carbocycles. The number of hydrogen-bond acceptors (Lipinski definition) is 5. The van der Waals surface area contributed by atoms with Gasteiger partial charge in [-0.25, -0.2) is 4.68 Å². The highest BCUT2D eigenvalue weighted by molar-refractivity contribution is 5.79. The minimum atomic E-state index is -0.0507. The van der Waals surface area contributed by atoms with E-state index in [2.05, 4.69) is 37.3 Å². The van der Waals surface area contributed by atoms with Crippen LogP contribution < -0.4 is 5.32 Å². The maximum Gasteiger partial charge on any atom is 0.242 e. The van der Waals surface area contributed by atoms with Crippen LogP contribution in [0.1, 0.15) is 25.0 Å². The summed E-state index contributed by atoms with van der Waals surface area (Å²) in [6.45, 7) is 2.97. The molecule has 1 amide bonds. The first kappa shape index (κ1) is 14.8. The highest BCUT2D eigenvalue weighted by atomic mass is 16.2. The van der Waals surface area contributed by atoms with Gasteiger partial charge in [-0.05, 0) is 18.6 Å². The van der Waals surface area contributed by atoms with E-state index in [9.17, 15) is 4.79 Å². The Kier molecular flexibility index (Phi) is 3.72. The van der Waals surface area contributed by atoms with Crippen molar-refractivity contribution < 1.29 is 4.79 Å². The summed E-state index contributed by atoms with van der Waals surface area (Å²) in [5.41, 5.74) is 1.66. The van der Waals surface area contributed by atoms with Crippen LogP contribution in [0, 0.1) is 0 Å². The second-order valence-corrected chi connectivity index (χ2v) is 6.04. The van der Waals surface area contributed by atoms with E-state index in [1.54, 1.807) is 4.68 Å². The molecule has 2 aromatic heterocycles. The number of nitrogens with zero attached hydrogens (tertiary/aromatic N) is 6. The van der Waals surface area contributed by atoms with Gasteiger partial charge in [-0.3, -0.25) is 4.79 Å². The molecule has 1 N–H and O–H groups in total. The predicted molar refractivity (Wildman–Crippen MR) is 87.2 cm³/mol. The number of hydrogen-bond donors (Lipinski definition) is 1. The molecule has 3 heterocycles. The molecule has 0 saturated carbocycles. The third-order valence-corrected chi connectivity index (χ3v) is 4.42. The van der Waals surface area contributed by atoms with Crippen molar-refractivity contribution in [2.45, 2.75) is 45.3 Å². The second kappa shape index (κ2) is 6.03. The van der Waals surface area contributed by atoms with Gasteiger partial charge in [0, 0.05) is 25.4 Å². The van der Waals surface area contributed by atoms with E-state index < -0.39 is 0 Å². The summed E-state index contributed by atoms with van der Waals surface area (Å²) >= 11 is 0. The summed E-state index contributed by atoms with van der Waals surface area (Å²) in [6.07, 6.45) is 2.56. The van der Waals surface area contributed by atoms with E-state index >= 15 is 0 Å². The fraction of sp³-hybridized carbons (Fsp3) is 0.438. The molecule has 4 rings (SSSR count). The van der Waals surface area contributed by atoms with Gasteiger partial charge in [0.1, 0.15) is 23.7 Å². The summed E-state index contributed by atoms with van der Waals surface area (Å²) in [6, 6.07) is 7.73. The zero-order valence-corrected chi connectivity index (χ0v) is 13.5. The summed E-state index contributed by atoms with van der Waals surface area (Å²) < 4.78 is 3.76. The van der Waals surface area contributed by atoms with Gasteiger partial charge in [-0.1, -0.05) is 24.3 Å². The van der Waals surface area contributed by atoms with Crippen molar-refractivity contribution in [2.75, 3.05) is 0 Å². The van der Waals surface area contributed by atoms with Crippen molar-refractivity contribution in [3.63, 3.8) is 0 Å². The lowest BCUT2D eigenvalue weighted by Gasteiger charge is -2.25. The molecule has 0 unspecified atom stereocenters. The largest absolute Gasteiger partial charge is 0.350 e. The SMILES string of the molecule is CCc1nnc2n1C[C@@H](NC(=O)Cn1nnc3ccccc31)CC2. The van der Waals surface area contributed by atoms with Crippen LogP contribution in [-0.2, 0) is 30.7 Å². The molecule has 0 aliphatic carbocycles. The molecule has 0 fully saturated rings. The molecule has 0 saturated heterocycles. The van der Waals surface area contributed by atoms with E-state index in [0.717, 1.165) is 48.5 Å². The van der Waals surface area contributed by atoms with E-state index in [-0.39, 0.29) is 18.5 Å². The zero-order valence-electron chi connectivity index (χ0n) is 13.5. The normalized spacial score (nSPS) is 17.0. The Balaban J connectivity index is 1.43. The van der Waals surface area contributed by atoms with Crippen LogP contribution in [0.15, 0.2) is 24.3 Å². The molecule has 1 aliphatic heterocycles. The van der Waals surface area contributed by atoms with Gasteiger partial charge in [0.25, 0.3) is 0 Å². The van der Waals surface area contributed by atoms with E-state index in [1.807, 2.05) is 24.3 Å². The number of nitrogens with one attached hydrogen (secondary N) is 1. The number of carbonyl (C=O) groups excluding carboxylic acids is 1. The smallest absolute Gasteiger partial charge is 0.242 e. The fourth-order valence-corrected chi connectivity index (χ4v) is 3.21. The number of para-hydroxylation sites is 1. The van der Waals surface area contributed by atoms with Crippen LogP contribution in [0.5, 0.6) is 0 Å². The number of aryl methyl sites for hydroxylation is 2. The summed E-state index contributed by atoms with van der Waals surface area (Å²) in [4.78, 5) is 12.4. The minimum Gasteiger partial charge on any atom is -0.350 e. The van der Waals surface area contributed by atoms with Gasteiger partial charge >= 0.3 is 0 Å². The Morgan fingerprint density at radius 2 is 2.17 bits per heavy atom. The highest BCUT2D eigenvalue weighted by Crippen LogP contribution is 2.16. The fourth-order valence-electron chi connectivity index (χ4n) is 3.21. The van der Waals surface area contributed by atoms with Gasteiger partial charge in [-0.2, -0.15) is 0 Å². The number of aromatic nitrogens is 6. The Labute approximate surface area is 138 Å². The molecule has 8 nitrogen and oxygen atoms in total. The first-order valence-corrected chi connectivity index (χ1v) is 8.23. The van der Waals surface area contributed by atoms with Gasteiger partial charge in [-0.15, -0.1) is 15.3 Å². The quantitative estimate of drug-likeness (QED) is 0.763. The summed E-state index contributed by atoms with van der Waals surface area (Å²) in [5.74, 6) is 1.94. The predicted octanol–water partition coefficient (Wildman–Crippen LogP) is 0.716. The first-order valence-electron chi connectivity index (χ1n) is 8.23. The van der Waals surface area contributed by atoms with Crippen LogP contribution in [-0.4, -0.2) is 41.7 Å². The molecule has 0 bridgehead atoms. The van der Waals surface area contributed by atoms with Crippen LogP contribution in [0.2, 0.25) is 0 Å². The summed E-state index contributed by atoms with van der Waals surface area (Å²) in [7, 11) is 0. The Morgan fingerprint density at radius 3 is 3.04 bits per heavy atom. The molecular formula is C16H19N7O. The number of carbonyl (C=O) groups is 1. The molecule has 24 heavy (non-hydrogen) atoms. The number of rotatable bonds is 4. The molecule has 1 atom stereocenters. The van der Waals surface area contributed by atoms with Crippen molar-refractivity contribution in [2.24, 2.45) is 0 Å². The lowest BCUT2D eigenvalue weighted by atomic mass is 10.1. The number of fused-ring (bicyclic) bond motifs is 2. The maximum absolute atomic E-state index is 12.4. The monoisotopic (exact) mass is 325 g/mol. The maximum atomic E-state index is 12.4. The van der Waals surface area contributed by atoms with Crippen molar-refractivity contribution in [1.82, 2.24) is 35.1 Å². The molecule has 0 radical (unpaired) electrons. The minimum absolute atomic E-state index is 0.0507. The van der Waals surface area contributed by atoms with Crippen LogP contribution >= 0.6 is 0 Å². The van der Waals surface area contributed by atoms with E-state index in [0.29, 0.717) is 0 Å². The van der Waals surface area contributed by atoms with Gasteiger partial charge in [0.2, 0.25) is 5.91 Å². The van der Waals surface area contributed by atoms with Crippen molar-refractivity contribution in [3.05, 3.63) is 35.9 Å². The third-order valence-electron chi connectivity index (χ3n) is 4.42. The molecule has 1 aliphatic rings. The summed E-state index contributed by atoms with van der Waals surface area (Å²) in [5, 5.41) is 19.7. The van der Waals surface area contributed by atoms with E-state index in [4.69, 9.17) is 0 Å². The lowest BCUT2D eigenvalue weighted by molar-refractivity contribution is -0.122. The Hall–Kier alpha value is -2.77. The Bertz CT molecular complexity index is 868. The molecular weight excluding hydrogens is 306 g/mol. The van der Waals surface area contributed by atoms with E-state index in [1.165, 1.54) is 0 Å². The molecule has 3 aromatic rings. The first-order chi connectivity index (χ1) is 11.7. The third kappa shape index (κ3) is 2.64. The lowest BCUT2D eigenvalue weighted by Crippen LogP contribution is -2.42. The second-order valence-electron chi connectivity index (χ2n) is 6.04. The van der Waals surface area contributed by atoms with Crippen LogP contribution in [0.25, 0.3) is 11.0 Å².